The average Bonchev–Trinajstić information content (AvgIpc) is 3.12. The standard InChI is InChI=1S/C20H31N5O/c1-6-16(7-2)19-12-18(26-24-19)14-23-20(21-3)22-13-15-9-8-10-17(11-15)25(4)5/h8-12,16H,6-7,13-14H2,1-5H3,(H2,21,22,23). The van der Waals surface area contributed by atoms with Crippen LogP contribution in [0, 0.1) is 0 Å². The Morgan fingerprint density at radius 1 is 1.15 bits per heavy atom. The third-order valence-electron chi connectivity index (χ3n) is 4.52. The molecule has 0 bridgehead atoms. The average molecular weight is 358 g/mol. The van der Waals surface area contributed by atoms with Gasteiger partial charge in [0, 0.05) is 45.4 Å². The molecular formula is C20H31N5O. The first-order chi connectivity index (χ1) is 12.6. The van der Waals surface area contributed by atoms with Crippen LogP contribution in [-0.2, 0) is 13.1 Å². The zero-order valence-corrected chi connectivity index (χ0v) is 16.5. The van der Waals surface area contributed by atoms with Gasteiger partial charge in [0.1, 0.15) is 0 Å². The van der Waals surface area contributed by atoms with E-state index >= 15 is 0 Å². The van der Waals surface area contributed by atoms with Gasteiger partial charge in [-0.3, -0.25) is 4.99 Å². The lowest BCUT2D eigenvalue weighted by Crippen LogP contribution is -2.36. The predicted octanol–water partition coefficient (Wildman–Crippen LogP) is 3.51. The highest BCUT2D eigenvalue weighted by Crippen LogP contribution is 2.22. The molecule has 1 aromatic heterocycles. The number of nitrogens with one attached hydrogen (secondary N) is 2. The fourth-order valence-corrected chi connectivity index (χ4v) is 2.83. The quantitative estimate of drug-likeness (QED) is 0.559. The van der Waals surface area contributed by atoms with Crippen molar-refractivity contribution in [3.8, 4) is 0 Å². The van der Waals surface area contributed by atoms with Gasteiger partial charge in [0.25, 0.3) is 0 Å². The summed E-state index contributed by atoms with van der Waals surface area (Å²) < 4.78 is 5.45. The van der Waals surface area contributed by atoms with Crippen LogP contribution in [0.15, 0.2) is 39.8 Å². The summed E-state index contributed by atoms with van der Waals surface area (Å²) in [6, 6.07) is 10.5. The Kier molecular flexibility index (Phi) is 7.51. The highest BCUT2D eigenvalue weighted by molar-refractivity contribution is 5.79. The molecule has 6 heteroatoms. The number of aliphatic imine (C=N–C) groups is 1. The Labute approximate surface area is 156 Å². The number of rotatable bonds is 8. The highest BCUT2D eigenvalue weighted by atomic mass is 16.5. The summed E-state index contributed by atoms with van der Waals surface area (Å²) in [5.74, 6) is 2.03. The third kappa shape index (κ3) is 5.51. The summed E-state index contributed by atoms with van der Waals surface area (Å²) in [5.41, 5.74) is 3.42. The predicted molar refractivity (Wildman–Crippen MR) is 108 cm³/mol. The minimum Gasteiger partial charge on any atom is -0.378 e. The summed E-state index contributed by atoms with van der Waals surface area (Å²) in [7, 11) is 5.85. The van der Waals surface area contributed by atoms with Crippen molar-refractivity contribution in [2.24, 2.45) is 4.99 Å². The molecule has 6 nitrogen and oxygen atoms in total. The van der Waals surface area contributed by atoms with Gasteiger partial charge in [0.05, 0.1) is 12.2 Å². The molecule has 1 heterocycles. The van der Waals surface area contributed by atoms with Gasteiger partial charge in [-0.15, -0.1) is 0 Å². The van der Waals surface area contributed by atoms with Gasteiger partial charge in [0.2, 0.25) is 0 Å². The van der Waals surface area contributed by atoms with Gasteiger partial charge in [-0.2, -0.15) is 0 Å². The molecule has 26 heavy (non-hydrogen) atoms. The second-order valence-electron chi connectivity index (χ2n) is 6.58. The second-order valence-corrected chi connectivity index (χ2v) is 6.58. The Hall–Kier alpha value is -2.50. The molecule has 0 unspecified atom stereocenters. The zero-order chi connectivity index (χ0) is 18.9. The fourth-order valence-electron chi connectivity index (χ4n) is 2.83. The molecule has 2 rings (SSSR count). The monoisotopic (exact) mass is 357 g/mol. The van der Waals surface area contributed by atoms with E-state index in [1.54, 1.807) is 7.05 Å². The van der Waals surface area contributed by atoms with Gasteiger partial charge < -0.3 is 20.1 Å². The number of guanidine groups is 1. The van der Waals surface area contributed by atoms with E-state index in [0.29, 0.717) is 19.0 Å². The maximum absolute atomic E-state index is 5.45. The summed E-state index contributed by atoms with van der Waals surface area (Å²) in [6.07, 6.45) is 2.15. The van der Waals surface area contributed by atoms with E-state index in [1.165, 1.54) is 11.3 Å². The normalized spacial score (nSPS) is 11.7. The lowest BCUT2D eigenvalue weighted by Gasteiger charge is -2.15. The molecule has 0 aliphatic rings. The van der Waals surface area contributed by atoms with Crippen LogP contribution in [0.3, 0.4) is 0 Å². The maximum atomic E-state index is 5.45. The third-order valence-corrected chi connectivity index (χ3v) is 4.52. The first-order valence-electron chi connectivity index (χ1n) is 9.23. The van der Waals surface area contributed by atoms with Crippen molar-refractivity contribution in [3.63, 3.8) is 0 Å². The van der Waals surface area contributed by atoms with E-state index in [0.717, 1.165) is 30.3 Å². The Balaban J connectivity index is 1.87. The molecule has 0 aliphatic heterocycles. The number of nitrogens with zero attached hydrogens (tertiary/aromatic N) is 3. The molecular weight excluding hydrogens is 326 g/mol. The molecule has 2 N–H and O–H groups in total. The van der Waals surface area contributed by atoms with Crippen molar-refractivity contribution < 1.29 is 4.52 Å². The van der Waals surface area contributed by atoms with Gasteiger partial charge in [-0.1, -0.05) is 31.1 Å². The van der Waals surface area contributed by atoms with Gasteiger partial charge in [-0.05, 0) is 30.5 Å². The number of hydrogen-bond acceptors (Lipinski definition) is 4. The van der Waals surface area contributed by atoms with E-state index in [2.05, 4.69) is 63.8 Å². The maximum Gasteiger partial charge on any atom is 0.191 e. The fraction of sp³-hybridized carbons (Fsp3) is 0.500. The van der Waals surface area contributed by atoms with E-state index in [1.807, 2.05) is 20.2 Å². The van der Waals surface area contributed by atoms with Crippen LogP contribution in [-0.4, -0.2) is 32.3 Å². The molecule has 0 amide bonds. The van der Waals surface area contributed by atoms with Crippen LogP contribution < -0.4 is 15.5 Å². The zero-order valence-electron chi connectivity index (χ0n) is 16.5. The molecule has 0 fully saturated rings. The Bertz CT molecular complexity index is 704. The number of aromatic nitrogens is 1. The molecule has 0 aliphatic carbocycles. The van der Waals surface area contributed by atoms with Crippen LogP contribution in [0.1, 0.15) is 49.6 Å². The van der Waals surface area contributed by atoms with E-state index in [9.17, 15) is 0 Å². The summed E-state index contributed by atoms with van der Waals surface area (Å²) >= 11 is 0. The van der Waals surface area contributed by atoms with Crippen LogP contribution in [0.5, 0.6) is 0 Å². The first kappa shape index (κ1) is 19.8. The van der Waals surface area contributed by atoms with Crippen molar-refractivity contribution in [2.45, 2.75) is 45.7 Å². The van der Waals surface area contributed by atoms with Crippen LogP contribution in [0.2, 0.25) is 0 Å². The lowest BCUT2D eigenvalue weighted by atomic mass is 9.99. The van der Waals surface area contributed by atoms with E-state index in [-0.39, 0.29) is 0 Å². The van der Waals surface area contributed by atoms with Gasteiger partial charge in [0.15, 0.2) is 11.7 Å². The SMILES string of the molecule is CCC(CC)c1cc(CNC(=NC)NCc2cccc(N(C)C)c2)on1. The van der Waals surface area contributed by atoms with E-state index < -0.39 is 0 Å². The molecule has 0 saturated carbocycles. The van der Waals surface area contributed by atoms with Crippen molar-refractivity contribution in [1.82, 2.24) is 15.8 Å². The second kappa shape index (κ2) is 9.85. The first-order valence-corrected chi connectivity index (χ1v) is 9.23. The summed E-state index contributed by atoms with van der Waals surface area (Å²) in [6.45, 7) is 5.62. The number of hydrogen-bond donors (Lipinski definition) is 2. The molecule has 0 radical (unpaired) electrons. The van der Waals surface area contributed by atoms with Crippen LogP contribution in [0.25, 0.3) is 0 Å². The molecule has 2 aromatic rings. The van der Waals surface area contributed by atoms with E-state index in [4.69, 9.17) is 4.52 Å². The number of anilines is 1. The molecule has 1 aromatic carbocycles. The molecule has 0 atom stereocenters. The molecule has 142 valence electrons. The van der Waals surface area contributed by atoms with Crippen molar-refractivity contribution in [3.05, 3.63) is 47.3 Å². The Morgan fingerprint density at radius 3 is 2.54 bits per heavy atom. The Morgan fingerprint density at radius 2 is 1.88 bits per heavy atom. The minimum atomic E-state index is 0.467. The molecule has 0 spiro atoms. The van der Waals surface area contributed by atoms with Crippen molar-refractivity contribution in [2.75, 3.05) is 26.0 Å². The van der Waals surface area contributed by atoms with Crippen LogP contribution in [0.4, 0.5) is 5.69 Å². The topological polar surface area (TPSA) is 65.7 Å². The summed E-state index contributed by atoms with van der Waals surface area (Å²) in [5, 5.41) is 10.8. The van der Waals surface area contributed by atoms with Gasteiger partial charge >= 0.3 is 0 Å². The minimum absolute atomic E-state index is 0.467. The number of benzene rings is 1. The molecule has 0 saturated heterocycles. The summed E-state index contributed by atoms with van der Waals surface area (Å²) in [4.78, 5) is 6.37. The van der Waals surface area contributed by atoms with Crippen LogP contribution >= 0.6 is 0 Å². The lowest BCUT2D eigenvalue weighted by molar-refractivity contribution is 0.368. The van der Waals surface area contributed by atoms with Gasteiger partial charge in [-0.25, -0.2) is 0 Å². The largest absolute Gasteiger partial charge is 0.378 e. The smallest absolute Gasteiger partial charge is 0.191 e. The highest BCUT2D eigenvalue weighted by Gasteiger charge is 2.13. The van der Waals surface area contributed by atoms with Crippen molar-refractivity contribution in [1.29, 1.82) is 0 Å². The van der Waals surface area contributed by atoms with Crippen molar-refractivity contribution >= 4 is 11.6 Å².